The summed E-state index contributed by atoms with van der Waals surface area (Å²) in [6, 6.07) is 14.4. The Kier molecular flexibility index (Phi) is 5.17. The highest BCUT2D eigenvalue weighted by molar-refractivity contribution is 5.97. The average Bonchev–Trinajstić information content (AvgIpc) is 3.60. The van der Waals surface area contributed by atoms with Gasteiger partial charge in [0, 0.05) is 36.3 Å². The number of aromatic amines is 1. The van der Waals surface area contributed by atoms with Crippen LogP contribution in [0.5, 0.6) is 0 Å². The van der Waals surface area contributed by atoms with Crippen LogP contribution in [0, 0.1) is 0 Å². The summed E-state index contributed by atoms with van der Waals surface area (Å²) in [5, 5.41) is 11.0. The molecule has 0 saturated carbocycles. The zero-order valence-corrected chi connectivity index (χ0v) is 19.6. The van der Waals surface area contributed by atoms with Crippen molar-refractivity contribution in [2.75, 3.05) is 18.0 Å². The van der Waals surface area contributed by atoms with Crippen molar-refractivity contribution in [3.8, 4) is 0 Å². The van der Waals surface area contributed by atoms with Crippen molar-refractivity contribution in [1.29, 1.82) is 0 Å². The van der Waals surface area contributed by atoms with E-state index in [0.717, 1.165) is 46.5 Å². The minimum atomic E-state index is -0.0787. The summed E-state index contributed by atoms with van der Waals surface area (Å²) in [4.78, 5) is 28.4. The van der Waals surface area contributed by atoms with Gasteiger partial charge < -0.3 is 14.8 Å². The first-order valence-corrected chi connectivity index (χ1v) is 11.9. The van der Waals surface area contributed by atoms with Crippen LogP contribution in [0.25, 0.3) is 22.1 Å². The zero-order valence-electron chi connectivity index (χ0n) is 19.6. The van der Waals surface area contributed by atoms with Gasteiger partial charge in [0.2, 0.25) is 0 Å². The Labute approximate surface area is 202 Å². The summed E-state index contributed by atoms with van der Waals surface area (Å²) >= 11 is 0. The molecule has 4 heterocycles. The number of amides is 1. The van der Waals surface area contributed by atoms with E-state index < -0.39 is 0 Å². The molecule has 9 heteroatoms. The summed E-state index contributed by atoms with van der Waals surface area (Å²) < 4.78 is 2.11. The van der Waals surface area contributed by atoms with Crippen LogP contribution in [0.15, 0.2) is 61.3 Å². The van der Waals surface area contributed by atoms with E-state index in [1.54, 1.807) is 12.5 Å². The molecule has 0 bridgehead atoms. The van der Waals surface area contributed by atoms with Crippen molar-refractivity contribution in [2.24, 2.45) is 0 Å². The Hall–Kier alpha value is -4.27. The average molecular weight is 467 g/mol. The number of fused-ring (bicyclic) bond motifs is 3. The van der Waals surface area contributed by atoms with E-state index in [0.29, 0.717) is 18.2 Å². The number of carbonyl (C=O) groups is 1. The second kappa shape index (κ2) is 8.50. The molecule has 5 aromatic rings. The van der Waals surface area contributed by atoms with Gasteiger partial charge in [-0.3, -0.25) is 9.89 Å². The Morgan fingerprint density at radius 3 is 2.94 bits per heavy atom. The van der Waals surface area contributed by atoms with Gasteiger partial charge in [0.05, 0.1) is 28.9 Å². The van der Waals surface area contributed by atoms with Gasteiger partial charge >= 0.3 is 0 Å². The van der Waals surface area contributed by atoms with Gasteiger partial charge in [-0.1, -0.05) is 18.2 Å². The first kappa shape index (κ1) is 21.3. The fourth-order valence-electron chi connectivity index (χ4n) is 4.96. The third-order valence-corrected chi connectivity index (χ3v) is 6.72. The van der Waals surface area contributed by atoms with Crippen LogP contribution in [0.3, 0.4) is 0 Å². The topological polar surface area (TPSA) is 105 Å². The lowest BCUT2D eigenvalue weighted by atomic mass is 9.98. The van der Waals surface area contributed by atoms with E-state index in [4.69, 9.17) is 0 Å². The zero-order chi connectivity index (χ0) is 23.9. The summed E-state index contributed by atoms with van der Waals surface area (Å²) in [6.07, 6.45) is 5.98. The number of carbonyl (C=O) groups excluding carboxylic acids is 1. The van der Waals surface area contributed by atoms with Gasteiger partial charge in [0.25, 0.3) is 5.91 Å². The molecular formula is C26H26N8O. The number of nitrogens with zero attached hydrogens (tertiary/aromatic N) is 6. The van der Waals surface area contributed by atoms with E-state index in [-0.39, 0.29) is 11.8 Å². The van der Waals surface area contributed by atoms with E-state index in [2.05, 4.69) is 72.0 Å². The largest absolute Gasteiger partial charge is 0.352 e. The molecule has 0 saturated heterocycles. The molecule has 1 aliphatic heterocycles. The van der Waals surface area contributed by atoms with Crippen molar-refractivity contribution >= 4 is 39.5 Å². The molecule has 1 atom stereocenters. The lowest BCUT2D eigenvalue weighted by Crippen LogP contribution is -2.26. The Morgan fingerprint density at radius 1 is 1.17 bits per heavy atom. The van der Waals surface area contributed by atoms with Crippen LogP contribution in [0.4, 0.5) is 11.5 Å². The summed E-state index contributed by atoms with van der Waals surface area (Å²) in [7, 11) is 0. The molecule has 6 rings (SSSR count). The molecule has 2 aromatic carbocycles. The molecular weight excluding hydrogens is 440 g/mol. The fourth-order valence-corrected chi connectivity index (χ4v) is 4.96. The minimum Gasteiger partial charge on any atom is -0.352 e. The quantitative estimate of drug-likeness (QED) is 0.386. The summed E-state index contributed by atoms with van der Waals surface area (Å²) in [5.41, 5.74) is 5.62. The molecule has 9 nitrogen and oxygen atoms in total. The Morgan fingerprint density at radius 2 is 2.06 bits per heavy atom. The number of nitrogens with one attached hydrogen (secondary N) is 2. The van der Waals surface area contributed by atoms with Gasteiger partial charge in [-0.15, -0.1) is 0 Å². The summed E-state index contributed by atoms with van der Waals surface area (Å²) in [6.45, 7) is 5.60. The number of hydrogen-bond donors (Lipinski definition) is 2. The lowest BCUT2D eigenvalue weighted by molar-refractivity contribution is 0.0952. The molecule has 1 aliphatic rings. The molecule has 176 valence electrons. The molecule has 0 fully saturated rings. The standard InChI is InChI=1S/C26H26N8O/c1-16(2)34-15-30-21-11-17(7-8-23(21)34)26(35)27-10-9-18-13-33(22-6-4-3-5-19(18)22)25-20-12-31-32-24(20)28-14-29-25/h3-8,11-12,14-16,18H,9-10,13H2,1-2H3,(H,27,35)(H,28,29,31,32). The third kappa shape index (κ3) is 3.69. The number of rotatable bonds is 6. The van der Waals surface area contributed by atoms with Gasteiger partial charge in [-0.2, -0.15) is 5.10 Å². The highest BCUT2D eigenvalue weighted by Crippen LogP contribution is 2.42. The number of imidazole rings is 1. The predicted molar refractivity (Wildman–Crippen MR) is 135 cm³/mol. The van der Waals surface area contributed by atoms with Crippen LogP contribution in [0.2, 0.25) is 0 Å². The Bertz CT molecular complexity index is 1540. The van der Waals surface area contributed by atoms with Crippen LogP contribution in [-0.4, -0.2) is 48.7 Å². The molecule has 1 unspecified atom stereocenters. The van der Waals surface area contributed by atoms with Gasteiger partial charge in [-0.05, 0) is 50.1 Å². The van der Waals surface area contributed by atoms with Crippen LogP contribution >= 0.6 is 0 Å². The minimum absolute atomic E-state index is 0.0787. The van der Waals surface area contributed by atoms with Crippen molar-refractivity contribution in [3.63, 3.8) is 0 Å². The summed E-state index contributed by atoms with van der Waals surface area (Å²) in [5.74, 6) is 1.04. The maximum absolute atomic E-state index is 12.9. The maximum atomic E-state index is 12.9. The van der Waals surface area contributed by atoms with Crippen molar-refractivity contribution in [3.05, 3.63) is 72.4 Å². The van der Waals surface area contributed by atoms with Crippen molar-refractivity contribution in [2.45, 2.75) is 32.2 Å². The SMILES string of the molecule is CC(C)n1cnc2cc(C(=O)NCCC3CN(c4ncnc5[nH]ncc45)c4ccccc43)ccc21. The molecule has 35 heavy (non-hydrogen) atoms. The van der Waals surface area contributed by atoms with Gasteiger partial charge in [-0.25, -0.2) is 15.0 Å². The lowest BCUT2D eigenvalue weighted by Gasteiger charge is -2.19. The van der Waals surface area contributed by atoms with E-state index in [1.807, 2.05) is 30.6 Å². The van der Waals surface area contributed by atoms with Crippen molar-refractivity contribution < 1.29 is 4.79 Å². The van der Waals surface area contributed by atoms with Crippen LogP contribution in [-0.2, 0) is 0 Å². The first-order valence-electron chi connectivity index (χ1n) is 11.9. The van der Waals surface area contributed by atoms with Crippen molar-refractivity contribution in [1.82, 2.24) is 35.0 Å². The van der Waals surface area contributed by atoms with Crippen LogP contribution in [0.1, 0.15) is 48.1 Å². The molecule has 0 aliphatic carbocycles. The van der Waals surface area contributed by atoms with Crippen LogP contribution < -0.4 is 10.2 Å². The first-order chi connectivity index (χ1) is 17.1. The predicted octanol–water partition coefficient (Wildman–Crippen LogP) is 4.34. The number of para-hydroxylation sites is 1. The maximum Gasteiger partial charge on any atom is 0.251 e. The second-order valence-electron chi connectivity index (χ2n) is 9.19. The smallest absolute Gasteiger partial charge is 0.251 e. The van der Waals surface area contributed by atoms with Gasteiger partial charge in [0.15, 0.2) is 5.65 Å². The normalized spacial score (nSPS) is 15.3. The molecule has 1 amide bonds. The highest BCUT2D eigenvalue weighted by atomic mass is 16.1. The molecule has 2 N–H and O–H groups in total. The molecule has 0 radical (unpaired) electrons. The molecule has 3 aromatic heterocycles. The monoisotopic (exact) mass is 466 g/mol. The second-order valence-corrected chi connectivity index (χ2v) is 9.19. The van der Waals surface area contributed by atoms with Gasteiger partial charge in [0.1, 0.15) is 12.1 Å². The van der Waals surface area contributed by atoms with E-state index in [1.165, 1.54) is 5.56 Å². The number of benzene rings is 2. The number of anilines is 2. The highest BCUT2D eigenvalue weighted by Gasteiger charge is 2.31. The molecule has 0 spiro atoms. The third-order valence-electron chi connectivity index (χ3n) is 6.72. The number of H-pyrrole nitrogens is 1. The van der Waals surface area contributed by atoms with E-state index >= 15 is 0 Å². The fraction of sp³-hybridized carbons (Fsp3) is 0.269. The van der Waals surface area contributed by atoms with E-state index in [9.17, 15) is 4.79 Å². The number of hydrogen-bond acceptors (Lipinski definition) is 6. The Balaban J connectivity index is 1.17. The number of aromatic nitrogens is 6.